The summed E-state index contributed by atoms with van der Waals surface area (Å²) in [7, 11) is -1.10. The van der Waals surface area contributed by atoms with Gasteiger partial charge >= 0.3 is 0 Å². The summed E-state index contributed by atoms with van der Waals surface area (Å²) in [6, 6.07) is 1.78. The molecule has 2 rings (SSSR count). The van der Waals surface area contributed by atoms with Gasteiger partial charge in [0.1, 0.15) is 15.8 Å². The molecule has 0 bridgehead atoms. The Balaban J connectivity index is 2.68. The third kappa shape index (κ3) is 1.82. The lowest BCUT2D eigenvalue weighted by atomic mass is 10.2. The molecule has 80 valence electrons. The lowest BCUT2D eigenvalue weighted by Gasteiger charge is -2.04. The molecule has 0 aliphatic heterocycles. The van der Waals surface area contributed by atoms with Crippen molar-refractivity contribution < 1.29 is 4.21 Å². The topological polar surface area (TPSA) is 68.0 Å². The summed E-state index contributed by atoms with van der Waals surface area (Å²) in [5.41, 5.74) is 7.45. The van der Waals surface area contributed by atoms with Crippen LogP contribution in [0.5, 0.6) is 0 Å². The third-order valence-corrected chi connectivity index (χ3v) is 3.60. The third-order valence-electron chi connectivity index (χ3n) is 2.07. The van der Waals surface area contributed by atoms with Crippen LogP contribution in [0.15, 0.2) is 12.3 Å². The van der Waals surface area contributed by atoms with Crippen LogP contribution in [-0.2, 0) is 11.0 Å². The highest BCUT2D eigenvalue weighted by Gasteiger charge is 2.11. The minimum atomic E-state index is -1.10. The first-order valence-corrected chi connectivity index (χ1v) is 6.70. The largest absolute Gasteiger partial charge is 0.397 e. The maximum absolute atomic E-state index is 11.1. The Bertz CT molecular complexity index is 535. The normalized spacial score (nSPS) is 12.9. The number of hydrogen-bond donors (Lipinski definition) is 2. The van der Waals surface area contributed by atoms with Gasteiger partial charge < -0.3 is 10.5 Å². The number of thiophene rings is 1. The number of nitrogens with zero attached hydrogens (tertiary/aromatic N) is 1. The van der Waals surface area contributed by atoms with E-state index in [0.29, 0.717) is 0 Å². The number of anilines is 2. The number of nitrogen functional groups attached to an aromatic ring is 1. The molecule has 2 heterocycles. The van der Waals surface area contributed by atoms with E-state index in [1.807, 2.05) is 6.92 Å². The SMILES string of the molecule is Cc1sc2nccc(NS(C)=O)c2c1N. The smallest absolute Gasteiger partial charge is 0.127 e. The molecule has 1 atom stereocenters. The van der Waals surface area contributed by atoms with Gasteiger partial charge in [-0.1, -0.05) is 0 Å². The number of nitrogens with one attached hydrogen (secondary N) is 1. The first-order chi connectivity index (χ1) is 7.09. The summed E-state index contributed by atoms with van der Waals surface area (Å²) in [5.74, 6) is 0. The van der Waals surface area contributed by atoms with Gasteiger partial charge in [-0.2, -0.15) is 0 Å². The van der Waals surface area contributed by atoms with E-state index in [1.54, 1.807) is 29.9 Å². The molecule has 0 aromatic carbocycles. The molecule has 0 aliphatic carbocycles. The van der Waals surface area contributed by atoms with E-state index >= 15 is 0 Å². The van der Waals surface area contributed by atoms with Gasteiger partial charge in [0.15, 0.2) is 0 Å². The van der Waals surface area contributed by atoms with Crippen molar-refractivity contribution in [2.45, 2.75) is 6.92 Å². The van der Waals surface area contributed by atoms with E-state index in [0.717, 1.165) is 26.5 Å². The molecule has 0 saturated heterocycles. The Kier molecular flexibility index (Phi) is 2.62. The molecular formula is C9H11N3OS2. The van der Waals surface area contributed by atoms with Crippen LogP contribution in [0.1, 0.15) is 4.88 Å². The number of hydrogen-bond acceptors (Lipinski definition) is 4. The summed E-state index contributed by atoms with van der Waals surface area (Å²) in [4.78, 5) is 6.14. The van der Waals surface area contributed by atoms with Gasteiger partial charge in [-0.05, 0) is 13.0 Å². The first-order valence-electron chi connectivity index (χ1n) is 4.33. The molecule has 2 aromatic rings. The van der Waals surface area contributed by atoms with Crippen molar-refractivity contribution in [1.82, 2.24) is 4.98 Å². The summed E-state index contributed by atoms with van der Waals surface area (Å²) >= 11 is 1.54. The molecule has 2 aromatic heterocycles. The predicted molar refractivity (Wildman–Crippen MR) is 66.5 cm³/mol. The molecule has 0 spiro atoms. The van der Waals surface area contributed by atoms with Gasteiger partial charge in [-0.25, -0.2) is 9.19 Å². The van der Waals surface area contributed by atoms with Crippen molar-refractivity contribution in [2.24, 2.45) is 0 Å². The van der Waals surface area contributed by atoms with Gasteiger partial charge in [0.05, 0.1) is 16.8 Å². The van der Waals surface area contributed by atoms with E-state index in [-0.39, 0.29) is 0 Å². The fourth-order valence-corrected chi connectivity index (χ4v) is 2.81. The Morgan fingerprint density at radius 1 is 1.60 bits per heavy atom. The number of aryl methyl sites for hydroxylation is 1. The highest BCUT2D eigenvalue weighted by molar-refractivity contribution is 7.85. The van der Waals surface area contributed by atoms with Gasteiger partial charge in [-0.3, -0.25) is 0 Å². The monoisotopic (exact) mass is 241 g/mol. The Morgan fingerprint density at radius 2 is 2.33 bits per heavy atom. The summed E-state index contributed by atoms with van der Waals surface area (Å²) in [6.45, 7) is 1.95. The average Bonchev–Trinajstić information content (AvgIpc) is 2.43. The van der Waals surface area contributed by atoms with Crippen molar-refractivity contribution in [1.29, 1.82) is 0 Å². The van der Waals surface area contributed by atoms with Crippen molar-refractivity contribution in [3.63, 3.8) is 0 Å². The number of rotatable bonds is 2. The number of aromatic nitrogens is 1. The second-order valence-corrected chi connectivity index (χ2v) is 5.48. The van der Waals surface area contributed by atoms with Crippen LogP contribution in [0.3, 0.4) is 0 Å². The van der Waals surface area contributed by atoms with Crippen molar-refractivity contribution >= 4 is 43.9 Å². The summed E-state index contributed by atoms with van der Waals surface area (Å²) in [6.07, 6.45) is 3.27. The van der Waals surface area contributed by atoms with Crippen LogP contribution >= 0.6 is 11.3 Å². The first kappa shape index (κ1) is 10.4. The molecule has 0 radical (unpaired) electrons. The molecule has 0 aliphatic rings. The molecule has 0 saturated carbocycles. The van der Waals surface area contributed by atoms with Crippen LogP contribution in [0, 0.1) is 6.92 Å². The molecular weight excluding hydrogens is 230 g/mol. The standard InChI is InChI=1S/C9H11N3OS2/c1-5-8(10)7-6(12-15(2)13)3-4-11-9(7)14-5/h3-4H,10H2,1-2H3,(H,11,12). The van der Waals surface area contributed by atoms with E-state index in [4.69, 9.17) is 5.73 Å². The number of fused-ring (bicyclic) bond motifs is 1. The summed E-state index contributed by atoms with van der Waals surface area (Å²) < 4.78 is 14.0. The molecule has 0 fully saturated rings. The maximum Gasteiger partial charge on any atom is 0.127 e. The van der Waals surface area contributed by atoms with E-state index in [9.17, 15) is 4.21 Å². The van der Waals surface area contributed by atoms with Gasteiger partial charge in [0, 0.05) is 17.3 Å². The maximum atomic E-state index is 11.1. The fraction of sp³-hybridized carbons (Fsp3) is 0.222. The van der Waals surface area contributed by atoms with E-state index in [1.165, 1.54) is 0 Å². The molecule has 15 heavy (non-hydrogen) atoms. The quantitative estimate of drug-likeness (QED) is 0.843. The van der Waals surface area contributed by atoms with Gasteiger partial charge in [-0.15, -0.1) is 11.3 Å². The average molecular weight is 241 g/mol. The Labute approximate surface area is 94.1 Å². The number of pyridine rings is 1. The van der Waals surface area contributed by atoms with Gasteiger partial charge in [0.25, 0.3) is 0 Å². The van der Waals surface area contributed by atoms with Crippen LogP contribution in [0.2, 0.25) is 0 Å². The molecule has 6 heteroatoms. The van der Waals surface area contributed by atoms with Gasteiger partial charge in [0.2, 0.25) is 0 Å². The Hall–Kier alpha value is -1.14. The Morgan fingerprint density at radius 3 is 3.00 bits per heavy atom. The zero-order valence-electron chi connectivity index (χ0n) is 8.40. The fourth-order valence-electron chi connectivity index (χ4n) is 1.40. The zero-order valence-corrected chi connectivity index (χ0v) is 10.0. The lowest BCUT2D eigenvalue weighted by Crippen LogP contribution is -2.02. The number of nitrogens with two attached hydrogens (primary N) is 1. The van der Waals surface area contributed by atoms with E-state index < -0.39 is 11.0 Å². The minimum absolute atomic E-state index is 0.719. The molecule has 1 unspecified atom stereocenters. The molecule has 4 nitrogen and oxygen atoms in total. The second-order valence-electron chi connectivity index (χ2n) is 3.17. The van der Waals surface area contributed by atoms with Crippen molar-refractivity contribution in [3.05, 3.63) is 17.1 Å². The molecule has 0 amide bonds. The zero-order chi connectivity index (χ0) is 11.0. The second kappa shape index (κ2) is 3.79. The van der Waals surface area contributed by atoms with Crippen LogP contribution in [-0.4, -0.2) is 15.4 Å². The van der Waals surface area contributed by atoms with Crippen molar-refractivity contribution in [3.8, 4) is 0 Å². The van der Waals surface area contributed by atoms with E-state index in [2.05, 4.69) is 9.71 Å². The van der Waals surface area contributed by atoms with Crippen LogP contribution < -0.4 is 10.5 Å². The van der Waals surface area contributed by atoms with Crippen LogP contribution in [0.25, 0.3) is 10.2 Å². The molecule has 3 N–H and O–H groups in total. The van der Waals surface area contributed by atoms with Crippen LogP contribution in [0.4, 0.5) is 11.4 Å². The summed E-state index contributed by atoms with van der Waals surface area (Å²) in [5, 5.41) is 0.871. The van der Waals surface area contributed by atoms with Crippen molar-refractivity contribution in [2.75, 3.05) is 16.7 Å². The lowest BCUT2D eigenvalue weighted by molar-refractivity contribution is 0.690. The highest BCUT2D eigenvalue weighted by Crippen LogP contribution is 2.36. The highest BCUT2D eigenvalue weighted by atomic mass is 32.2. The minimum Gasteiger partial charge on any atom is -0.397 e. The predicted octanol–water partition coefficient (Wildman–Crippen LogP) is 1.89.